The summed E-state index contributed by atoms with van der Waals surface area (Å²) in [5.41, 5.74) is 20.6. The number of para-hydroxylation sites is 1. The highest BCUT2D eigenvalue weighted by Crippen LogP contribution is 2.64. The van der Waals surface area contributed by atoms with E-state index in [-0.39, 0.29) is 5.41 Å². The Morgan fingerprint density at radius 3 is 1.52 bits per heavy atom. The standard InChI is InChI=1S/C54H33NO/c1-3-15-34(16-4-1)49-32-37(33-50(55-49)35-17-5-2-6-18-35)39-23-13-24-42-44-31-36(29-30-51(44)56-53(39)42)38-22-14-28-48-52(38)43-21-9-12-27-47(43)54(48)45-25-10-7-19-40(45)41-20-8-11-26-46(41)54/h1-33H. The van der Waals surface area contributed by atoms with Gasteiger partial charge in [-0.2, -0.15) is 0 Å². The van der Waals surface area contributed by atoms with E-state index >= 15 is 0 Å². The lowest BCUT2D eigenvalue weighted by Crippen LogP contribution is -2.25. The Labute approximate surface area is 325 Å². The molecule has 0 N–H and O–H groups in total. The second-order valence-electron chi connectivity index (χ2n) is 15.0. The predicted molar refractivity (Wildman–Crippen MR) is 230 cm³/mol. The van der Waals surface area contributed by atoms with Crippen molar-refractivity contribution in [3.05, 3.63) is 222 Å². The molecule has 0 bridgehead atoms. The fraction of sp³-hybridized carbons (Fsp3) is 0.0185. The van der Waals surface area contributed by atoms with Crippen LogP contribution in [0.5, 0.6) is 0 Å². The number of rotatable bonds is 4. The van der Waals surface area contributed by atoms with Gasteiger partial charge in [0.05, 0.1) is 16.8 Å². The van der Waals surface area contributed by atoms with Crippen LogP contribution in [-0.2, 0) is 5.41 Å². The highest BCUT2D eigenvalue weighted by atomic mass is 16.3. The Morgan fingerprint density at radius 1 is 0.339 bits per heavy atom. The van der Waals surface area contributed by atoms with Crippen molar-refractivity contribution in [2.75, 3.05) is 0 Å². The molecule has 0 saturated heterocycles. The molecule has 0 amide bonds. The van der Waals surface area contributed by atoms with Crippen LogP contribution >= 0.6 is 0 Å². The summed E-state index contributed by atoms with van der Waals surface area (Å²) >= 11 is 0. The summed E-state index contributed by atoms with van der Waals surface area (Å²) in [6.07, 6.45) is 0. The first kappa shape index (κ1) is 31.1. The first-order valence-corrected chi connectivity index (χ1v) is 19.3. The van der Waals surface area contributed by atoms with Gasteiger partial charge < -0.3 is 4.42 Å². The minimum absolute atomic E-state index is 0.377. The fourth-order valence-electron chi connectivity index (χ4n) is 9.78. The topological polar surface area (TPSA) is 26.0 Å². The van der Waals surface area contributed by atoms with Crippen LogP contribution in [0.4, 0.5) is 0 Å². The van der Waals surface area contributed by atoms with Crippen molar-refractivity contribution in [3.8, 4) is 67.0 Å². The third-order valence-electron chi connectivity index (χ3n) is 12.1. The van der Waals surface area contributed by atoms with Crippen LogP contribution < -0.4 is 0 Å². The molecular formula is C54H33NO. The van der Waals surface area contributed by atoms with Gasteiger partial charge in [0, 0.05) is 27.5 Å². The average Bonchev–Trinajstić information content (AvgIpc) is 3.91. The van der Waals surface area contributed by atoms with Crippen molar-refractivity contribution >= 4 is 21.9 Å². The number of pyridine rings is 1. The van der Waals surface area contributed by atoms with Gasteiger partial charge >= 0.3 is 0 Å². The Kier molecular flexibility index (Phi) is 6.58. The molecule has 2 aliphatic rings. The number of benzene rings is 8. The molecule has 0 fully saturated rings. The Balaban J connectivity index is 1.05. The quantitative estimate of drug-likeness (QED) is 0.182. The van der Waals surface area contributed by atoms with Gasteiger partial charge in [-0.3, -0.25) is 0 Å². The van der Waals surface area contributed by atoms with E-state index in [1.807, 2.05) is 12.1 Å². The van der Waals surface area contributed by atoms with Gasteiger partial charge in [0.1, 0.15) is 11.2 Å². The molecule has 0 aliphatic heterocycles. The number of nitrogens with zero attached hydrogens (tertiary/aromatic N) is 1. The van der Waals surface area contributed by atoms with E-state index < -0.39 is 0 Å². The van der Waals surface area contributed by atoms with E-state index in [1.54, 1.807) is 0 Å². The van der Waals surface area contributed by atoms with Crippen molar-refractivity contribution in [2.45, 2.75) is 5.41 Å². The smallest absolute Gasteiger partial charge is 0.143 e. The number of hydrogen-bond acceptors (Lipinski definition) is 2. The predicted octanol–water partition coefficient (Wildman–Crippen LogP) is 14.0. The zero-order valence-corrected chi connectivity index (χ0v) is 30.4. The monoisotopic (exact) mass is 711 g/mol. The van der Waals surface area contributed by atoms with Crippen LogP contribution in [0.1, 0.15) is 22.3 Å². The molecule has 2 aliphatic carbocycles. The average molecular weight is 712 g/mol. The highest BCUT2D eigenvalue weighted by Gasteiger charge is 2.51. The summed E-state index contributed by atoms with van der Waals surface area (Å²) in [5, 5.41) is 2.21. The number of fused-ring (bicyclic) bond motifs is 13. The van der Waals surface area contributed by atoms with E-state index in [4.69, 9.17) is 9.40 Å². The van der Waals surface area contributed by atoms with Gasteiger partial charge in [0.15, 0.2) is 0 Å². The first-order valence-electron chi connectivity index (χ1n) is 19.3. The Bertz CT molecular complexity index is 3090. The third-order valence-corrected chi connectivity index (χ3v) is 12.1. The number of aromatic nitrogens is 1. The molecule has 2 nitrogen and oxygen atoms in total. The maximum atomic E-state index is 6.80. The lowest BCUT2D eigenvalue weighted by atomic mass is 9.70. The lowest BCUT2D eigenvalue weighted by molar-refractivity contribution is 0.670. The van der Waals surface area contributed by atoms with Crippen molar-refractivity contribution in [2.24, 2.45) is 0 Å². The third kappa shape index (κ3) is 4.30. The second-order valence-corrected chi connectivity index (χ2v) is 15.0. The van der Waals surface area contributed by atoms with E-state index in [1.165, 1.54) is 55.6 Å². The van der Waals surface area contributed by atoms with Crippen LogP contribution in [0.25, 0.3) is 89.0 Å². The largest absolute Gasteiger partial charge is 0.455 e. The molecule has 1 spiro atoms. The molecule has 0 radical (unpaired) electrons. The van der Waals surface area contributed by atoms with Crippen molar-refractivity contribution < 1.29 is 4.42 Å². The molecule has 0 atom stereocenters. The first-order chi connectivity index (χ1) is 27.8. The molecule has 2 aromatic heterocycles. The molecule has 0 unspecified atom stereocenters. The van der Waals surface area contributed by atoms with E-state index in [0.29, 0.717) is 0 Å². The molecule has 2 heteroatoms. The van der Waals surface area contributed by atoms with E-state index in [9.17, 15) is 0 Å². The molecule has 56 heavy (non-hydrogen) atoms. The highest BCUT2D eigenvalue weighted by molar-refractivity contribution is 6.11. The summed E-state index contributed by atoms with van der Waals surface area (Å²) in [7, 11) is 0. The SMILES string of the molecule is c1ccc(-c2cc(-c3cccc4c3oc3ccc(-c5cccc6c5-c5ccccc5C65c6ccccc6-c6ccccc65)cc34)cc(-c3ccccc3)n2)cc1. The maximum absolute atomic E-state index is 6.80. The molecule has 260 valence electrons. The normalized spacial score (nSPS) is 13.1. The van der Waals surface area contributed by atoms with Crippen molar-refractivity contribution in [3.63, 3.8) is 0 Å². The fourth-order valence-corrected chi connectivity index (χ4v) is 9.78. The summed E-state index contributed by atoms with van der Waals surface area (Å²) < 4.78 is 6.80. The Hall–Kier alpha value is -7.29. The summed E-state index contributed by atoms with van der Waals surface area (Å²) in [5.74, 6) is 0. The zero-order valence-electron chi connectivity index (χ0n) is 30.4. The zero-order chi connectivity index (χ0) is 36.8. The molecule has 10 aromatic rings. The molecule has 2 heterocycles. The van der Waals surface area contributed by atoms with Gasteiger partial charge in [0.2, 0.25) is 0 Å². The minimum Gasteiger partial charge on any atom is -0.455 e. The lowest BCUT2D eigenvalue weighted by Gasteiger charge is -2.30. The second kappa shape index (κ2) is 11.9. The maximum Gasteiger partial charge on any atom is 0.143 e. The van der Waals surface area contributed by atoms with Crippen LogP contribution in [0, 0.1) is 0 Å². The van der Waals surface area contributed by atoms with Gasteiger partial charge in [-0.05, 0) is 85.5 Å². The van der Waals surface area contributed by atoms with Crippen LogP contribution in [0.3, 0.4) is 0 Å². The van der Waals surface area contributed by atoms with Crippen molar-refractivity contribution in [1.29, 1.82) is 0 Å². The molecule has 12 rings (SSSR count). The minimum atomic E-state index is -0.377. The summed E-state index contributed by atoms with van der Waals surface area (Å²) in [6.45, 7) is 0. The number of hydrogen-bond donors (Lipinski definition) is 0. The van der Waals surface area contributed by atoms with Gasteiger partial charge in [-0.1, -0.05) is 176 Å². The summed E-state index contributed by atoms with van der Waals surface area (Å²) in [4.78, 5) is 5.13. The van der Waals surface area contributed by atoms with Gasteiger partial charge in [-0.15, -0.1) is 0 Å². The van der Waals surface area contributed by atoms with Crippen LogP contribution in [-0.4, -0.2) is 4.98 Å². The van der Waals surface area contributed by atoms with E-state index in [2.05, 4.69) is 188 Å². The van der Waals surface area contributed by atoms with Crippen LogP contribution in [0.2, 0.25) is 0 Å². The van der Waals surface area contributed by atoms with Gasteiger partial charge in [-0.25, -0.2) is 4.98 Å². The molecule has 8 aromatic carbocycles. The van der Waals surface area contributed by atoms with Gasteiger partial charge in [0.25, 0.3) is 0 Å². The summed E-state index contributed by atoms with van der Waals surface area (Å²) in [6, 6.07) is 72.4. The molecule has 0 saturated carbocycles. The molecular weight excluding hydrogens is 679 g/mol. The van der Waals surface area contributed by atoms with Crippen LogP contribution in [0.15, 0.2) is 205 Å². The van der Waals surface area contributed by atoms with Crippen molar-refractivity contribution in [1.82, 2.24) is 4.98 Å². The Morgan fingerprint density at radius 2 is 0.857 bits per heavy atom. The van der Waals surface area contributed by atoms with E-state index in [0.717, 1.165) is 55.6 Å². The number of furan rings is 1.